The van der Waals surface area contributed by atoms with E-state index in [1.54, 1.807) is 12.1 Å². The molecule has 0 heterocycles. The molecule has 1 aromatic rings. The molecule has 0 aliphatic heterocycles. The fourth-order valence-electron chi connectivity index (χ4n) is 1.47. The van der Waals surface area contributed by atoms with E-state index < -0.39 is 16.9 Å². The van der Waals surface area contributed by atoms with Crippen molar-refractivity contribution in [1.29, 1.82) is 0 Å². The summed E-state index contributed by atoms with van der Waals surface area (Å²) < 4.78 is 0. The number of nitro groups is 1. The van der Waals surface area contributed by atoms with Gasteiger partial charge in [0.15, 0.2) is 0 Å². The number of amides is 2. The van der Waals surface area contributed by atoms with Gasteiger partial charge >= 0.3 is 0 Å². The first-order valence-electron chi connectivity index (χ1n) is 5.72. The van der Waals surface area contributed by atoms with Crippen molar-refractivity contribution in [3.63, 3.8) is 0 Å². The molecule has 0 aliphatic carbocycles. The van der Waals surface area contributed by atoms with Crippen LogP contribution in [0.2, 0.25) is 0 Å². The third-order valence-corrected chi connectivity index (χ3v) is 2.57. The summed E-state index contributed by atoms with van der Waals surface area (Å²) in [6, 6.07) is 5.36. The van der Waals surface area contributed by atoms with Crippen LogP contribution in [0, 0.1) is 10.1 Å². The summed E-state index contributed by atoms with van der Waals surface area (Å²) in [5, 5.41) is 13.0. The quantitative estimate of drug-likeness (QED) is 0.576. The smallest absolute Gasteiger partial charge is 0.269 e. The maximum atomic E-state index is 11.5. The highest BCUT2D eigenvalue weighted by Crippen LogP contribution is 2.14. The summed E-state index contributed by atoms with van der Waals surface area (Å²) in [6.45, 7) is 1.49. The molecule has 19 heavy (non-hydrogen) atoms. The molecule has 0 saturated heterocycles. The number of hydrogen-bond donors (Lipinski definition) is 2. The standard InChI is InChI=1S/C12H15N3O4/c1-8(12(13)17)14-11(16)6-5-9-3-2-4-10(7-9)15(18)19/h2-4,7-8H,5-6H2,1H3,(H2,13,17)(H,14,16)/t8-/m0/s1. The van der Waals surface area contributed by atoms with Crippen LogP contribution in [0.4, 0.5) is 5.69 Å². The molecule has 7 nitrogen and oxygen atoms in total. The van der Waals surface area contributed by atoms with Crippen LogP contribution < -0.4 is 11.1 Å². The van der Waals surface area contributed by atoms with E-state index in [1.807, 2.05) is 0 Å². The van der Waals surface area contributed by atoms with Gasteiger partial charge in [0.2, 0.25) is 11.8 Å². The van der Waals surface area contributed by atoms with E-state index in [0.29, 0.717) is 12.0 Å². The molecule has 3 N–H and O–H groups in total. The average Bonchev–Trinajstić information content (AvgIpc) is 2.36. The molecule has 0 spiro atoms. The average molecular weight is 265 g/mol. The molecule has 7 heteroatoms. The third kappa shape index (κ3) is 4.74. The minimum Gasteiger partial charge on any atom is -0.368 e. The zero-order valence-corrected chi connectivity index (χ0v) is 10.5. The van der Waals surface area contributed by atoms with Crippen molar-refractivity contribution < 1.29 is 14.5 Å². The number of carbonyl (C=O) groups is 2. The van der Waals surface area contributed by atoms with Gasteiger partial charge in [0.25, 0.3) is 5.69 Å². The molecule has 0 unspecified atom stereocenters. The second-order valence-electron chi connectivity index (χ2n) is 4.12. The normalized spacial score (nSPS) is 11.6. The highest BCUT2D eigenvalue weighted by molar-refractivity contribution is 5.86. The summed E-state index contributed by atoms with van der Waals surface area (Å²) in [5.74, 6) is -0.929. The van der Waals surface area contributed by atoms with Gasteiger partial charge in [0, 0.05) is 18.6 Å². The Kier molecular flexibility index (Phi) is 4.99. The fourth-order valence-corrected chi connectivity index (χ4v) is 1.47. The Labute approximate surface area is 109 Å². The van der Waals surface area contributed by atoms with Gasteiger partial charge < -0.3 is 11.1 Å². The van der Waals surface area contributed by atoms with Crippen molar-refractivity contribution in [2.24, 2.45) is 5.73 Å². The summed E-state index contributed by atoms with van der Waals surface area (Å²) in [6.07, 6.45) is 0.498. The third-order valence-electron chi connectivity index (χ3n) is 2.57. The summed E-state index contributed by atoms with van der Waals surface area (Å²) in [5.41, 5.74) is 5.70. The lowest BCUT2D eigenvalue weighted by molar-refractivity contribution is -0.384. The van der Waals surface area contributed by atoms with E-state index in [1.165, 1.54) is 19.1 Å². The topological polar surface area (TPSA) is 115 Å². The zero-order chi connectivity index (χ0) is 14.4. The molecule has 0 aliphatic rings. The van der Waals surface area contributed by atoms with Gasteiger partial charge in [-0.15, -0.1) is 0 Å². The van der Waals surface area contributed by atoms with E-state index in [0.717, 1.165) is 0 Å². The van der Waals surface area contributed by atoms with Crippen LogP contribution in [-0.4, -0.2) is 22.8 Å². The fraction of sp³-hybridized carbons (Fsp3) is 0.333. The lowest BCUT2D eigenvalue weighted by atomic mass is 10.1. The molecule has 1 aromatic carbocycles. The Balaban J connectivity index is 2.53. The Hall–Kier alpha value is -2.44. The van der Waals surface area contributed by atoms with Crippen molar-refractivity contribution in [2.45, 2.75) is 25.8 Å². The van der Waals surface area contributed by atoms with Gasteiger partial charge in [0.1, 0.15) is 6.04 Å². The van der Waals surface area contributed by atoms with Crippen LogP contribution in [0.15, 0.2) is 24.3 Å². The number of nitrogens with one attached hydrogen (secondary N) is 1. The molecule has 0 bridgehead atoms. The summed E-state index contributed by atoms with van der Waals surface area (Å²) in [7, 11) is 0. The molecule has 1 rings (SSSR count). The molecule has 0 radical (unpaired) electrons. The number of nitrogens with zero attached hydrogens (tertiary/aromatic N) is 1. The Morgan fingerprint density at radius 3 is 2.74 bits per heavy atom. The highest BCUT2D eigenvalue weighted by Gasteiger charge is 2.12. The van der Waals surface area contributed by atoms with Gasteiger partial charge in [-0.05, 0) is 18.9 Å². The number of nitro benzene ring substituents is 1. The highest BCUT2D eigenvalue weighted by atomic mass is 16.6. The number of non-ortho nitro benzene ring substituents is 1. The maximum Gasteiger partial charge on any atom is 0.269 e. The summed E-state index contributed by atoms with van der Waals surface area (Å²) in [4.78, 5) is 32.4. The number of carbonyl (C=O) groups excluding carboxylic acids is 2. The van der Waals surface area contributed by atoms with Crippen molar-refractivity contribution in [2.75, 3.05) is 0 Å². The number of primary amides is 1. The predicted octanol–water partition coefficient (Wildman–Crippen LogP) is 0.517. The van der Waals surface area contributed by atoms with E-state index in [-0.39, 0.29) is 18.0 Å². The van der Waals surface area contributed by atoms with E-state index in [4.69, 9.17) is 5.73 Å². The summed E-state index contributed by atoms with van der Waals surface area (Å²) >= 11 is 0. The number of benzene rings is 1. The monoisotopic (exact) mass is 265 g/mol. The lowest BCUT2D eigenvalue weighted by Crippen LogP contribution is -2.42. The second-order valence-corrected chi connectivity index (χ2v) is 4.12. The van der Waals surface area contributed by atoms with Crippen molar-refractivity contribution in [3.05, 3.63) is 39.9 Å². The number of hydrogen-bond acceptors (Lipinski definition) is 4. The van der Waals surface area contributed by atoms with Crippen LogP contribution in [0.25, 0.3) is 0 Å². The molecule has 0 aromatic heterocycles. The Morgan fingerprint density at radius 1 is 1.47 bits per heavy atom. The minimum absolute atomic E-state index is 0.0107. The number of nitrogens with two attached hydrogens (primary N) is 1. The van der Waals surface area contributed by atoms with Crippen LogP contribution in [0.5, 0.6) is 0 Å². The Bertz CT molecular complexity index is 502. The zero-order valence-electron chi connectivity index (χ0n) is 10.5. The maximum absolute atomic E-state index is 11.5. The van der Waals surface area contributed by atoms with E-state index >= 15 is 0 Å². The molecular weight excluding hydrogens is 250 g/mol. The van der Waals surface area contributed by atoms with Gasteiger partial charge in [0.05, 0.1) is 4.92 Å². The first-order valence-corrected chi connectivity index (χ1v) is 5.72. The molecule has 0 fully saturated rings. The predicted molar refractivity (Wildman–Crippen MR) is 68.2 cm³/mol. The Morgan fingerprint density at radius 2 is 2.16 bits per heavy atom. The van der Waals surface area contributed by atoms with E-state index in [2.05, 4.69) is 5.32 Å². The lowest BCUT2D eigenvalue weighted by Gasteiger charge is -2.09. The van der Waals surface area contributed by atoms with Gasteiger partial charge in [-0.1, -0.05) is 12.1 Å². The second kappa shape index (κ2) is 6.48. The molecule has 102 valence electrons. The van der Waals surface area contributed by atoms with Crippen molar-refractivity contribution in [1.82, 2.24) is 5.32 Å². The van der Waals surface area contributed by atoms with Crippen LogP contribution >= 0.6 is 0 Å². The molecule has 1 atom stereocenters. The van der Waals surface area contributed by atoms with Gasteiger partial charge in [-0.2, -0.15) is 0 Å². The van der Waals surface area contributed by atoms with Crippen molar-refractivity contribution in [3.8, 4) is 0 Å². The molecule has 0 saturated carbocycles. The molecular formula is C12H15N3O4. The number of aryl methyl sites for hydroxylation is 1. The van der Waals surface area contributed by atoms with E-state index in [9.17, 15) is 19.7 Å². The molecule has 2 amide bonds. The van der Waals surface area contributed by atoms with Crippen LogP contribution in [-0.2, 0) is 16.0 Å². The first kappa shape index (κ1) is 14.6. The minimum atomic E-state index is -0.724. The largest absolute Gasteiger partial charge is 0.368 e. The number of rotatable bonds is 6. The van der Waals surface area contributed by atoms with Crippen LogP contribution in [0.3, 0.4) is 0 Å². The first-order chi connectivity index (χ1) is 8.90. The van der Waals surface area contributed by atoms with Gasteiger partial charge in [-0.3, -0.25) is 19.7 Å². The van der Waals surface area contributed by atoms with Gasteiger partial charge in [-0.25, -0.2) is 0 Å². The SMILES string of the molecule is C[C@H](NC(=O)CCc1cccc([N+](=O)[O-])c1)C(N)=O. The van der Waals surface area contributed by atoms with Crippen LogP contribution in [0.1, 0.15) is 18.9 Å². The van der Waals surface area contributed by atoms with Crippen molar-refractivity contribution >= 4 is 17.5 Å².